The van der Waals surface area contributed by atoms with E-state index in [1.807, 2.05) is 6.07 Å². The van der Waals surface area contributed by atoms with Gasteiger partial charge < -0.3 is 4.74 Å². The van der Waals surface area contributed by atoms with Gasteiger partial charge in [0.15, 0.2) is 0 Å². The molecule has 0 aliphatic heterocycles. The topological polar surface area (TPSA) is 74.7 Å². The van der Waals surface area contributed by atoms with E-state index in [-0.39, 0.29) is 6.61 Å². The molecule has 0 aromatic heterocycles. The van der Waals surface area contributed by atoms with Crippen LogP contribution in [0.15, 0.2) is 41.5 Å². The van der Waals surface area contributed by atoms with Crippen LogP contribution in [0.25, 0.3) is 0 Å². The Morgan fingerprint density at radius 2 is 1.87 bits per heavy atom. The number of ether oxygens (including phenoxy) is 1. The third-order valence-corrected chi connectivity index (χ3v) is 4.13. The molecular formula is C15H13Cl3N4O. The fourth-order valence-corrected chi connectivity index (χ4v) is 2.32. The maximum Gasteiger partial charge on any atom is 0.139 e. The van der Waals surface area contributed by atoms with E-state index in [2.05, 4.69) is 5.10 Å². The van der Waals surface area contributed by atoms with Gasteiger partial charge in [0, 0.05) is 11.1 Å². The third kappa shape index (κ3) is 4.59. The third-order valence-electron chi connectivity index (χ3n) is 2.87. The minimum Gasteiger partial charge on any atom is -0.487 e. The van der Waals surface area contributed by atoms with Crippen molar-refractivity contribution in [3.63, 3.8) is 0 Å². The summed E-state index contributed by atoms with van der Waals surface area (Å²) in [6.45, 7) is 0.225. The van der Waals surface area contributed by atoms with Crippen LogP contribution in [0, 0.1) is 5.41 Å². The van der Waals surface area contributed by atoms with E-state index in [1.165, 1.54) is 6.21 Å². The summed E-state index contributed by atoms with van der Waals surface area (Å²) in [5, 5.41) is 12.9. The molecule has 0 aliphatic rings. The summed E-state index contributed by atoms with van der Waals surface area (Å²) in [5.41, 5.74) is 1.37. The number of rotatable bonds is 6. The Balaban J connectivity index is 2.16. The number of nitrogens with zero attached hydrogens (tertiary/aromatic N) is 2. The molecule has 23 heavy (non-hydrogen) atoms. The molecule has 2 aromatic rings. The lowest BCUT2D eigenvalue weighted by Gasteiger charge is -2.11. The Morgan fingerprint density at radius 1 is 1.13 bits per heavy atom. The van der Waals surface area contributed by atoms with Gasteiger partial charge in [-0.2, -0.15) is 10.2 Å². The molecule has 2 rings (SSSR count). The van der Waals surface area contributed by atoms with Crippen molar-refractivity contribution in [2.45, 2.75) is 6.61 Å². The zero-order chi connectivity index (χ0) is 16.8. The summed E-state index contributed by atoms with van der Waals surface area (Å²) in [6, 6.07) is 10.6. The van der Waals surface area contributed by atoms with Crippen LogP contribution in [0.5, 0.6) is 5.75 Å². The lowest BCUT2D eigenvalue weighted by Crippen LogP contribution is -2.22. The normalized spacial score (nSPS) is 10.8. The molecule has 0 atom stereocenters. The number of hydrazone groups is 1. The van der Waals surface area contributed by atoms with E-state index in [1.54, 1.807) is 30.3 Å². The van der Waals surface area contributed by atoms with Crippen molar-refractivity contribution < 1.29 is 4.74 Å². The van der Waals surface area contributed by atoms with E-state index in [0.29, 0.717) is 26.4 Å². The number of halogens is 3. The van der Waals surface area contributed by atoms with Gasteiger partial charge in [-0.05, 0) is 12.1 Å². The highest BCUT2D eigenvalue weighted by molar-refractivity contribution is 6.42. The first kappa shape index (κ1) is 17.6. The van der Waals surface area contributed by atoms with Gasteiger partial charge in [-0.25, -0.2) is 5.84 Å². The SMILES string of the molecule is N=CN(N)N=Cc1cccc(OCc2cccc(Cl)c2Cl)c1Cl. The Morgan fingerprint density at radius 3 is 2.61 bits per heavy atom. The van der Waals surface area contributed by atoms with Crippen molar-refractivity contribution in [1.29, 1.82) is 5.41 Å². The maximum absolute atomic E-state index is 6.95. The fraction of sp³-hybridized carbons (Fsp3) is 0.0667. The van der Waals surface area contributed by atoms with Gasteiger partial charge in [-0.3, -0.25) is 5.41 Å². The van der Waals surface area contributed by atoms with E-state index in [4.69, 9.17) is 50.8 Å². The standard InChI is InChI=1S/C15H13Cl3N4O/c16-12-5-1-4-11(14(12)17)8-23-13-6-2-3-10(15(13)18)7-21-22(20)9-19/h1-7,9,19H,8,20H2. The summed E-state index contributed by atoms with van der Waals surface area (Å²) < 4.78 is 5.71. The molecule has 120 valence electrons. The van der Waals surface area contributed by atoms with Crippen molar-refractivity contribution in [1.82, 2.24) is 5.12 Å². The van der Waals surface area contributed by atoms with Gasteiger partial charge in [0.2, 0.25) is 0 Å². The molecule has 0 aliphatic carbocycles. The minimum absolute atomic E-state index is 0.225. The number of hydrogen-bond acceptors (Lipinski definition) is 4. The summed E-state index contributed by atoms with van der Waals surface area (Å²) in [4.78, 5) is 0. The minimum atomic E-state index is 0.225. The van der Waals surface area contributed by atoms with Crippen LogP contribution in [0.4, 0.5) is 0 Å². The molecule has 0 fully saturated rings. The zero-order valence-corrected chi connectivity index (χ0v) is 14.1. The lowest BCUT2D eigenvalue weighted by atomic mass is 10.2. The second kappa shape index (κ2) is 8.17. The van der Waals surface area contributed by atoms with E-state index >= 15 is 0 Å². The van der Waals surface area contributed by atoms with Crippen molar-refractivity contribution in [3.05, 3.63) is 62.6 Å². The Hall–Kier alpha value is -1.79. The monoisotopic (exact) mass is 370 g/mol. The van der Waals surface area contributed by atoms with E-state index in [9.17, 15) is 0 Å². The maximum atomic E-state index is 6.95. The van der Waals surface area contributed by atoms with Gasteiger partial charge in [0.25, 0.3) is 0 Å². The molecule has 8 heteroatoms. The summed E-state index contributed by atoms with van der Waals surface area (Å²) in [6.07, 6.45) is 2.30. The summed E-state index contributed by atoms with van der Waals surface area (Å²) in [5.74, 6) is 5.84. The molecule has 5 nitrogen and oxygen atoms in total. The predicted octanol–water partition coefficient (Wildman–Crippen LogP) is 4.34. The average Bonchev–Trinajstić information content (AvgIpc) is 2.55. The number of nitrogens with two attached hydrogens (primary N) is 1. The molecule has 0 saturated heterocycles. The molecule has 0 bridgehead atoms. The van der Waals surface area contributed by atoms with Gasteiger partial charge >= 0.3 is 0 Å². The van der Waals surface area contributed by atoms with E-state index in [0.717, 1.165) is 17.0 Å². The van der Waals surface area contributed by atoms with Crippen LogP contribution >= 0.6 is 34.8 Å². The first-order valence-electron chi connectivity index (χ1n) is 6.45. The van der Waals surface area contributed by atoms with Crippen molar-refractivity contribution in [2.75, 3.05) is 0 Å². The van der Waals surface area contributed by atoms with Crippen molar-refractivity contribution in [2.24, 2.45) is 10.9 Å². The molecule has 0 spiro atoms. The fourth-order valence-electron chi connectivity index (χ4n) is 1.72. The van der Waals surface area contributed by atoms with Crippen LogP contribution in [0.3, 0.4) is 0 Å². The first-order valence-corrected chi connectivity index (χ1v) is 7.59. The first-order chi connectivity index (χ1) is 11.0. The van der Waals surface area contributed by atoms with Gasteiger partial charge in [-0.1, -0.05) is 59.1 Å². The molecular weight excluding hydrogens is 359 g/mol. The van der Waals surface area contributed by atoms with Crippen LogP contribution in [-0.4, -0.2) is 17.7 Å². The van der Waals surface area contributed by atoms with Crippen LogP contribution in [0.2, 0.25) is 15.1 Å². The second-order valence-electron chi connectivity index (χ2n) is 4.41. The van der Waals surface area contributed by atoms with Crippen LogP contribution < -0.4 is 10.6 Å². The largest absolute Gasteiger partial charge is 0.487 e. The molecule has 0 unspecified atom stereocenters. The van der Waals surface area contributed by atoms with Crippen LogP contribution in [-0.2, 0) is 6.61 Å². The smallest absolute Gasteiger partial charge is 0.139 e. The highest BCUT2D eigenvalue weighted by Crippen LogP contribution is 2.30. The van der Waals surface area contributed by atoms with Gasteiger partial charge in [-0.15, -0.1) is 0 Å². The quantitative estimate of drug-likeness (QED) is 0.343. The highest BCUT2D eigenvalue weighted by atomic mass is 35.5. The molecule has 0 saturated carbocycles. The van der Waals surface area contributed by atoms with E-state index < -0.39 is 0 Å². The molecule has 0 heterocycles. The Bertz CT molecular complexity index is 737. The Kier molecular flexibility index (Phi) is 6.24. The van der Waals surface area contributed by atoms with Crippen LogP contribution in [0.1, 0.15) is 11.1 Å². The molecule has 0 amide bonds. The summed E-state index contributed by atoms with van der Waals surface area (Å²) >= 11 is 18.4. The number of nitrogens with one attached hydrogen (secondary N) is 1. The molecule has 3 N–H and O–H groups in total. The number of hydrogen-bond donors (Lipinski definition) is 2. The number of benzene rings is 2. The average molecular weight is 372 g/mol. The molecule has 2 aromatic carbocycles. The zero-order valence-electron chi connectivity index (χ0n) is 11.8. The van der Waals surface area contributed by atoms with Gasteiger partial charge in [0.05, 0.1) is 21.3 Å². The Labute approximate surface area is 148 Å². The van der Waals surface area contributed by atoms with Gasteiger partial charge in [0.1, 0.15) is 18.7 Å². The van der Waals surface area contributed by atoms with Crippen molar-refractivity contribution >= 4 is 47.4 Å². The lowest BCUT2D eigenvalue weighted by molar-refractivity contribution is 0.306. The second-order valence-corrected chi connectivity index (χ2v) is 5.58. The predicted molar refractivity (Wildman–Crippen MR) is 94.7 cm³/mol. The summed E-state index contributed by atoms with van der Waals surface area (Å²) in [7, 11) is 0. The highest BCUT2D eigenvalue weighted by Gasteiger charge is 2.09. The number of hydrazine groups is 1. The van der Waals surface area contributed by atoms with Crippen molar-refractivity contribution in [3.8, 4) is 5.75 Å². The molecule has 0 radical (unpaired) electrons.